The van der Waals surface area contributed by atoms with Gasteiger partial charge in [-0.1, -0.05) is 60.7 Å². The number of allylic oxidation sites excluding steroid dienone is 2. The summed E-state index contributed by atoms with van der Waals surface area (Å²) in [5.74, 6) is 0. The Labute approximate surface area is 229 Å². The standard InChI is InChI=1S/C14H14.C11H12P.C9H7.Hf/c1-3-7-13(8-4-1)11-12-14-9-5-2-6-10-14;1-12(2)11-7-9-5-3-4-6-10(9)8-11;1-2-5-9-7-3-6-8(9)4-1;/h1-10H,11-12H2;3-8H,1-2H3;1-7H;. The van der Waals surface area contributed by atoms with Gasteiger partial charge in [0.1, 0.15) is 0 Å². The topological polar surface area (TPSA) is 0 Å². The van der Waals surface area contributed by atoms with Crippen LogP contribution in [0.2, 0.25) is 0 Å². The van der Waals surface area contributed by atoms with Crippen LogP contribution in [-0.2, 0) is 35.7 Å². The zero-order chi connectivity index (χ0) is 24.7. The van der Waals surface area contributed by atoms with Crippen molar-refractivity contribution in [2.75, 3.05) is 13.3 Å². The average molecular weight is 651 g/mol. The summed E-state index contributed by atoms with van der Waals surface area (Å²) in [5.41, 5.74) is 8.97. The fraction of sp³-hybridized carbons (Fsp3) is 0.176. The molecule has 0 aromatic heterocycles. The summed E-state index contributed by atoms with van der Waals surface area (Å²) < 4.78 is 1.55. The van der Waals surface area contributed by atoms with E-state index in [0.29, 0.717) is 0 Å². The third kappa shape index (κ3) is 6.13. The van der Waals surface area contributed by atoms with Crippen LogP contribution in [0.5, 0.6) is 0 Å². The van der Waals surface area contributed by atoms with Gasteiger partial charge in [0, 0.05) is 0 Å². The van der Waals surface area contributed by atoms with Gasteiger partial charge >= 0.3 is 146 Å². The van der Waals surface area contributed by atoms with Crippen LogP contribution >= 0.6 is 7.92 Å². The molecule has 178 valence electrons. The average Bonchev–Trinajstić information content (AvgIpc) is 3.51. The van der Waals surface area contributed by atoms with E-state index in [-0.39, 0.29) is 7.92 Å². The first-order valence-corrected chi connectivity index (χ1v) is 19.2. The fourth-order valence-electron chi connectivity index (χ4n) is 5.02. The molecule has 0 aliphatic heterocycles. The van der Waals surface area contributed by atoms with E-state index in [4.69, 9.17) is 0 Å². The largest absolute Gasteiger partial charge is 0.0622 e. The van der Waals surface area contributed by atoms with Crippen LogP contribution in [-0.4, -0.2) is 13.3 Å². The summed E-state index contributed by atoms with van der Waals surface area (Å²) in [6.45, 7) is 4.84. The molecule has 0 radical (unpaired) electrons. The first-order valence-electron chi connectivity index (χ1n) is 12.8. The number of fused-ring (bicyclic) bond motifs is 2. The Kier molecular flexibility index (Phi) is 8.63. The molecule has 4 aromatic rings. The van der Waals surface area contributed by atoms with Crippen molar-refractivity contribution in [1.82, 2.24) is 0 Å². The van der Waals surface area contributed by atoms with Gasteiger partial charge in [0.05, 0.1) is 0 Å². The summed E-state index contributed by atoms with van der Waals surface area (Å²) >= 11 is -0.877. The van der Waals surface area contributed by atoms with E-state index in [1.165, 1.54) is 22.3 Å². The van der Waals surface area contributed by atoms with E-state index in [0.717, 1.165) is 20.2 Å². The van der Waals surface area contributed by atoms with E-state index < -0.39 is 22.9 Å². The molecule has 2 unspecified atom stereocenters. The Hall–Kier alpha value is -2.34. The van der Waals surface area contributed by atoms with Gasteiger partial charge in [-0.2, -0.15) is 0 Å². The van der Waals surface area contributed by atoms with Crippen LogP contribution in [0.1, 0.15) is 40.7 Å². The van der Waals surface area contributed by atoms with E-state index in [1.807, 2.05) is 0 Å². The fourth-order valence-corrected chi connectivity index (χ4v) is 15.6. The smallest absolute Gasteiger partial charge is 0.0238 e. The zero-order valence-electron chi connectivity index (χ0n) is 21.1. The van der Waals surface area contributed by atoms with Gasteiger partial charge in [-0.3, -0.25) is 0 Å². The van der Waals surface area contributed by atoms with Gasteiger partial charge in [-0.25, -0.2) is 0 Å². The second-order valence-electron chi connectivity index (χ2n) is 9.63. The van der Waals surface area contributed by atoms with Crippen molar-refractivity contribution in [3.8, 4) is 0 Å². The van der Waals surface area contributed by atoms with Gasteiger partial charge in [0.15, 0.2) is 0 Å². The molecule has 0 N–H and O–H groups in total. The number of aryl methyl sites for hydroxylation is 2. The first kappa shape index (κ1) is 25.3. The first-order chi connectivity index (χ1) is 17.7. The normalized spacial score (nSPS) is 17.1. The molecule has 0 fully saturated rings. The van der Waals surface area contributed by atoms with Gasteiger partial charge in [0.2, 0.25) is 0 Å². The third-order valence-electron chi connectivity index (χ3n) is 6.96. The van der Waals surface area contributed by atoms with Crippen LogP contribution in [0.3, 0.4) is 0 Å². The van der Waals surface area contributed by atoms with Crippen LogP contribution in [0, 0.1) is 0 Å². The molecule has 0 saturated carbocycles. The maximum atomic E-state index is 2.50. The van der Waals surface area contributed by atoms with E-state index in [1.54, 1.807) is 16.4 Å². The molecule has 0 amide bonds. The monoisotopic (exact) mass is 652 g/mol. The summed E-state index contributed by atoms with van der Waals surface area (Å²) in [4.78, 5) is 0. The molecule has 0 nitrogen and oxygen atoms in total. The quantitative estimate of drug-likeness (QED) is 0.144. The van der Waals surface area contributed by atoms with Gasteiger partial charge in [0.25, 0.3) is 0 Å². The van der Waals surface area contributed by atoms with Crippen molar-refractivity contribution >= 4 is 20.1 Å². The molecule has 2 aliphatic carbocycles. The maximum Gasteiger partial charge on any atom is -0.0238 e. The molecule has 0 bridgehead atoms. The predicted molar refractivity (Wildman–Crippen MR) is 154 cm³/mol. The molecule has 2 aliphatic rings. The van der Waals surface area contributed by atoms with Crippen molar-refractivity contribution in [3.05, 3.63) is 154 Å². The van der Waals surface area contributed by atoms with Crippen LogP contribution in [0.25, 0.3) is 12.2 Å². The van der Waals surface area contributed by atoms with Gasteiger partial charge in [-0.15, -0.1) is 0 Å². The molecular weight excluding hydrogens is 618 g/mol. The Morgan fingerprint density at radius 3 is 1.75 bits per heavy atom. The van der Waals surface area contributed by atoms with E-state index in [9.17, 15) is 0 Å². The maximum absolute atomic E-state index is 2.50. The minimum atomic E-state index is -0.877. The van der Waals surface area contributed by atoms with Crippen molar-refractivity contribution in [3.63, 3.8) is 0 Å². The Bertz CT molecular complexity index is 1300. The van der Waals surface area contributed by atoms with Crippen LogP contribution in [0.4, 0.5) is 0 Å². The number of rotatable bonds is 6. The summed E-state index contributed by atoms with van der Waals surface area (Å²) in [6.07, 6.45) is 9.59. The molecule has 0 heterocycles. The SMILES string of the molecule is CP(C)C1=Cc2ccccc2[CH]1[Hf][CH]1C=Cc2ccccc21.c1ccc(CCc2ccccc2)cc1. The van der Waals surface area contributed by atoms with E-state index in [2.05, 4.69) is 141 Å². The summed E-state index contributed by atoms with van der Waals surface area (Å²) in [5, 5.41) is 1.75. The number of benzene rings is 4. The molecular formula is C34H33HfP. The zero-order valence-corrected chi connectivity index (χ0v) is 25.6. The number of hydrogen-bond donors (Lipinski definition) is 0. The third-order valence-corrected chi connectivity index (χ3v) is 15.8. The van der Waals surface area contributed by atoms with Crippen LogP contribution < -0.4 is 0 Å². The molecule has 0 spiro atoms. The van der Waals surface area contributed by atoms with E-state index >= 15 is 0 Å². The van der Waals surface area contributed by atoms with Crippen molar-refractivity contribution in [2.24, 2.45) is 0 Å². The van der Waals surface area contributed by atoms with Crippen LogP contribution in [0.15, 0.2) is 121 Å². The molecule has 2 heteroatoms. The number of hydrogen-bond acceptors (Lipinski definition) is 0. The second kappa shape index (κ2) is 12.3. The summed E-state index contributed by atoms with van der Waals surface area (Å²) in [6, 6.07) is 39.3. The Morgan fingerprint density at radius 1 is 0.611 bits per heavy atom. The summed E-state index contributed by atoms with van der Waals surface area (Å²) in [7, 11) is 0.0109. The van der Waals surface area contributed by atoms with Crippen molar-refractivity contribution in [2.45, 2.75) is 20.2 Å². The predicted octanol–water partition coefficient (Wildman–Crippen LogP) is 9.15. The Balaban J connectivity index is 0.000000165. The van der Waals surface area contributed by atoms with Gasteiger partial charge < -0.3 is 0 Å². The van der Waals surface area contributed by atoms with Gasteiger partial charge in [-0.05, 0) is 24.0 Å². The minimum absolute atomic E-state index is 0.0109. The molecule has 36 heavy (non-hydrogen) atoms. The second-order valence-corrected chi connectivity index (χ2v) is 17.4. The molecule has 2 atom stereocenters. The van der Waals surface area contributed by atoms with Crippen molar-refractivity contribution < 1.29 is 22.9 Å². The Morgan fingerprint density at radius 2 is 1.14 bits per heavy atom. The molecule has 6 rings (SSSR count). The molecule has 4 aromatic carbocycles. The molecule has 0 saturated heterocycles. The van der Waals surface area contributed by atoms with Crippen molar-refractivity contribution in [1.29, 1.82) is 0 Å². The minimum Gasteiger partial charge on any atom is -0.0622 e.